The van der Waals surface area contributed by atoms with Gasteiger partial charge in [0, 0.05) is 12.8 Å². The number of rotatable bonds is 7. The van der Waals surface area contributed by atoms with Crippen LogP contribution in [0.3, 0.4) is 0 Å². The molecular weight excluding hydrogens is 288 g/mol. The number of aryl methyl sites for hydroxylation is 1. The Kier molecular flexibility index (Phi) is 5.78. The van der Waals surface area contributed by atoms with Crippen LogP contribution >= 0.6 is 0 Å². The maximum absolute atomic E-state index is 12.7. The summed E-state index contributed by atoms with van der Waals surface area (Å²) in [5, 5.41) is 0. The van der Waals surface area contributed by atoms with Crippen molar-refractivity contribution in [2.45, 2.75) is 51.0 Å². The maximum Gasteiger partial charge on any atom is 0.241 e. The molecule has 0 saturated carbocycles. The number of hydrogen-bond acceptors (Lipinski definition) is 4. The van der Waals surface area contributed by atoms with E-state index in [-0.39, 0.29) is 11.5 Å². The molecule has 0 aliphatic heterocycles. The first kappa shape index (κ1) is 17.9. The zero-order valence-corrected chi connectivity index (χ0v) is 14.3. The molecule has 0 spiro atoms. The molecular formula is C15H26N2O3S. The summed E-state index contributed by atoms with van der Waals surface area (Å²) in [6, 6.07) is 3.55. The largest absolute Gasteiger partial charge is 0.398 e. The van der Waals surface area contributed by atoms with E-state index in [0.717, 1.165) is 12.0 Å². The molecule has 1 aromatic carbocycles. The van der Waals surface area contributed by atoms with Gasteiger partial charge in [0.1, 0.15) is 0 Å². The monoisotopic (exact) mass is 314 g/mol. The smallest absolute Gasteiger partial charge is 0.241 e. The van der Waals surface area contributed by atoms with Gasteiger partial charge in [-0.2, -0.15) is 0 Å². The molecule has 0 aromatic heterocycles. The van der Waals surface area contributed by atoms with Crippen LogP contribution in [0.5, 0.6) is 0 Å². The van der Waals surface area contributed by atoms with Crippen molar-refractivity contribution >= 4 is 15.7 Å². The fourth-order valence-electron chi connectivity index (χ4n) is 2.36. The Morgan fingerprint density at radius 3 is 2.33 bits per heavy atom. The van der Waals surface area contributed by atoms with Gasteiger partial charge in [0.05, 0.1) is 17.0 Å². The fourth-order valence-corrected chi connectivity index (χ4v) is 4.15. The van der Waals surface area contributed by atoms with Gasteiger partial charge >= 0.3 is 0 Å². The normalized spacial score (nSPS) is 12.6. The molecule has 0 amide bonds. The molecule has 0 unspecified atom stereocenters. The molecule has 0 bridgehead atoms. The first-order chi connectivity index (χ1) is 9.66. The lowest BCUT2D eigenvalue weighted by molar-refractivity contribution is 0.141. The van der Waals surface area contributed by atoms with Crippen molar-refractivity contribution in [3.05, 3.63) is 23.3 Å². The van der Waals surface area contributed by atoms with Crippen LogP contribution in [0.15, 0.2) is 17.0 Å². The Labute approximate surface area is 127 Å². The first-order valence-corrected chi connectivity index (χ1v) is 8.59. The summed E-state index contributed by atoms with van der Waals surface area (Å²) in [7, 11) is -2.10. The summed E-state index contributed by atoms with van der Waals surface area (Å²) in [4.78, 5) is 0.269. The van der Waals surface area contributed by atoms with Gasteiger partial charge in [-0.25, -0.2) is 13.1 Å². The lowest BCUT2D eigenvalue weighted by atomic mass is 10.1. The van der Waals surface area contributed by atoms with Crippen LogP contribution in [-0.2, 0) is 27.6 Å². The highest BCUT2D eigenvalue weighted by molar-refractivity contribution is 7.89. The van der Waals surface area contributed by atoms with E-state index in [1.807, 2.05) is 19.9 Å². The second kappa shape index (κ2) is 6.77. The number of sulfonamides is 1. The van der Waals surface area contributed by atoms with Crippen molar-refractivity contribution in [3.8, 4) is 0 Å². The lowest BCUT2D eigenvalue weighted by Gasteiger charge is -2.26. The van der Waals surface area contributed by atoms with E-state index in [0.29, 0.717) is 17.7 Å². The molecule has 0 heterocycles. The second-order valence-corrected chi connectivity index (χ2v) is 7.44. The van der Waals surface area contributed by atoms with Gasteiger partial charge in [-0.1, -0.05) is 13.8 Å². The Morgan fingerprint density at radius 2 is 1.86 bits per heavy atom. The van der Waals surface area contributed by atoms with E-state index >= 15 is 0 Å². The third kappa shape index (κ3) is 4.43. The van der Waals surface area contributed by atoms with Crippen molar-refractivity contribution in [2.24, 2.45) is 0 Å². The zero-order valence-electron chi connectivity index (χ0n) is 13.5. The van der Waals surface area contributed by atoms with Crippen LogP contribution in [0.4, 0.5) is 5.69 Å². The minimum Gasteiger partial charge on any atom is -0.398 e. The standard InChI is InChI=1S/C15H26N2O3S/c1-6-11-8-13(16)12(7-2)14(9-11)21(18,19)17-15(3,4)10-20-5/h8-9,17H,6-7,10,16H2,1-5H3. The topological polar surface area (TPSA) is 81.4 Å². The van der Waals surface area contributed by atoms with Crippen molar-refractivity contribution in [3.63, 3.8) is 0 Å². The number of hydrogen-bond donors (Lipinski definition) is 2. The van der Waals surface area contributed by atoms with Crippen LogP contribution in [0.25, 0.3) is 0 Å². The molecule has 5 nitrogen and oxygen atoms in total. The van der Waals surface area contributed by atoms with Crippen LogP contribution in [0, 0.1) is 0 Å². The van der Waals surface area contributed by atoms with E-state index < -0.39 is 15.6 Å². The molecule has 0 fully saturated rings. The molecule has 1 aromatic rings. The van der Waals surface area contributed by atoms with Gasteiger partial charge in [0.2, 0.25) is 10.0 Å². The maximum atomic E-state index is 12.7. The van der Waals surface area contributed by atoms with E-state index in [2.05, 4.69) is 4.72 Å². The number of nitrogens with one attached hydrogen (secondary N) is 1. The number of methoxy groups -OCH3 is 1. The summed E-state index contributed by atoms with van der Waals surface area (Å²) in [5.41, 5.74) is 7.43. The highest BCUT2D eigenvalue weighted by Gasteiger charge is 2.28. The minimum atomic E-state index is -3.65. The molecule has 0 saturated heterocycles. The number of anilines is 1. The molecule has 6 heteroatoms. The first-order valence-electron chi connectivity index (χ1n) is 7.11. The van der Waals surface area contributed by atoms with Gasteiger partial charge < -0.3 is 10.5 Å². The zero-order chi connectivity index (χ0) is 16.3. The highest BCUT2D eigenvalue weighted by atomic mass is 32.2. The van der Waals surface area contributed by atoms with Crippen LogP contribution in [0.1, 0.15) is 38.8 Å². The molecule has 3 N–H and O–H groups in total. The Bertz CT molecular complexity index is 595. The molecule has 0 atom stereocenters. The molecule has 0 aliphatic rings. The Balaban J connectivity index is 3.33. The third-order valence-electron chi connectivity index (χ3n) is 3.27. The number of nitrogens with two attached hydrogens (primary N) is 1. The van der Waals surface area contributed by atoms with E-state index in [4.69, 9.17) is 10.5 Å². The predicted octanol–water partition coefficient (Wildman–Crippen LogP) is 2.10. The molecule has 21 heavy (non-hydrogen) atoms. The predicted molar refractivity (Wildman–Crippen MR) is 85.9 cm³/mol. The van der Waals surface area contributed by atoms with Gasteiger partial charge in [-0.3, -0.25) is 0 Å². The van der Waals surface area contributed by atoms with Crippen LogP contribution < -0.4 is 10.5 Å². The highest BCUT2D eigenvalue weighted by Crippen LogP contribution is 2.26. The third-order valence-corrected chi connectivity index (χ3v) is 5.04. The molecule has 120 valence electrons. The number of nitrogen functional groups attached to an aromatic ring is 1. The van der Waals surface area contributed by atoms with E-state index in [1.165, 1.54) is 0 Å². The molecule has 1 rings (SSSR count). The van der Waals surface area contributed by atoms with E-state index in [9.17, 15) is 8.42 Å². The van der Waals surface area contributed by atoms with Crippen molar-refractivity contribution in [2.75, 3.05) is 19.5 Å². The van der Waals surface area contributed by atoms with Gasteiger partial charge in [0.15, 0.2) is 0 Å². The molecule has 0 aliphatic carbocycles. The summed E-state index contributed by atoms with van der Waals surface area (Å²) < 4.78 is 33.2. The summed E-state index contributed by atoms with van der Waals surface area (Å²) >= 11 is 0. The summed E-state index contributed by atoms with van der Waals surface area (Å²) in [6.07, 6.45) is 1.30. The van der Waals surface area contributed by atoms with Crippen molar-refractivity contribution in [1.82, 2.24) is 4.72 Å². The number of benzene rings is 1. The molecule has 0 radical (unpaired) electrons. The average molecular weight is 314 g/mol. The number of ether oxygens (including phenoxy) is 1. The van der Waals surface area contributed by atoms with E-state index in [1.54, 1.807) is 27.0 Å². The summed E-state index contributed by atoms with van der Waals surface area (Å²) in [6.45, 7) is 7.73. The van der Waals surface area contributed by atoms with Gasteiger partial charge in [0.25, 0.3) is 0 Å². The summed E-state index contributed by atoms with van der Waals surface area (Å²) in [5.74, 6) is 0. The fraction of sp³-hybridized carbons (Fsp3) is 0.600. The van der Waals surface area contributed by atoms with Gasteiger partial charge in [-0.15, -0.1) is 0 Å². The average Bonchev–Trinajstić information content (AvgIpc) is 2.36. The van der Waals surface area contributed by atoms with Crippen LogP contribution in [0.2, 0.25) is 0 Å². The SMILES string of the molecule is CCc1cc(N)c(CC)c(S(=O)(=O)NC(C)(C)COC)c1. The minimum absolute atomic E-state index is 0.269. The Morgan fingerprint density at radius 1 is 1.24 bits per heavy atom. The Hall–Kier alpha value is -1.11. The van der Waals surface area contributed by atoms with Crippen molar-refractivity contribution in [1.29, 1.82) is 0 Å². The lowest BCUT2D eigenvalue weighted by Crippen LogP contribution is -2.46. The quantitative estimate of drug-likeness (QED) is 0.755. The second-order valence-electron chi connectivity index (χ2n) is 5.79. The van der Waals surface area contributed by atoms with Crippen molar-refractivity contribution < 1.29 is 13.2 Å². The van der Waals surface area contributed by atoms with Gasteiger partial charge in [-0.05, 0) is 49.9 Å². The van der Waals surface area contributed by atoms with Crippen LogP contribution in [-0.4, -0.2) is 27.7 Å².